The molecule has 1 saturated heterocycles. The predicted octanol–water partition coefficient (Wildman–Crippen LogP) is 4.21. The molecular weight excluding hydrogens is 805 g/mol. The lowest BCUT2D eigenvalue weighted by atomic mass is 10.0. The van der Waals surface area contributed by atoms with Gasteiger partial charge in [-0.3, -0.25) is 42.9 Å². The summed E-state index contributed by atoms with van der Waals surface area (Å²) in [6.45, 7) is 4.31. The Morgan fingerprint density at radius 1 is 0.825 bits per heavy atom. The summed E-state index contributed by atoms with van der Waals surface area (Å²) >= 11 is 0. The van der Waals surface area contributed by atoms with E-state index in [1.54, 1.807) is 16.5 Å². The summed E-state index contributed by atoms with van der Waals surface area (Å²) in [6.07, 6.45) is 6.10. The maximum atomic E-state index is 13.8. The van der Waals surface area contributed by atoms with E-state index in [0.29, 0.717) is 70.7 Å². The van der Waals surface area contributed by atoms with E-state index in [-0.39, 0.29) is 42.2 Å². The molecule has 0 aliphatic carbocycles. The molecule has 0 bridgehead atoms. The third-order valence-corrected chi connectivity index (χ3v) is 12.7. The van der Waals surface area contributed by atoms with Crippen LogP contribution in [0.15, 0.2) is 65.5 Å². The van der Waals surface area contributed by atoms with Crippen molar-refractivity contribution in [2.75, 3.05) is 38.4 Å². The van der Waals surface area contributed by atoms with Gasteiger partial charge in [-0.05, 0) is 92.2 Å². The Morgan fingerprint density at radius 3 is 2.27 bits per heavy atom. The van der Waals surface area contributed by atoms with Crippen LogP contribution in [0.3, 0.4) is 0 Å². The zero-order valence-corrected chi connectivity index (χ0v) is 36.6. The molecule has 0 radical (unpaired) electrons. The van der Waals surface area contributed by atoms with Crippen molar-refractivity contribution in [1.29, 1.82) is 0 Å². The van der Waals surface area contributed by atoms with Gasteiger partial charge in [0, 0.05) is 53.0 Å². The number of aromatic nitrogens is 2. The second-order valence-electron chi connectivity index (χ2n) is 17.0. The summed E-state index contributed by atoms with van der Waals surface area (Å²) in [5.41, 5.74) is 12.9. The lowest BCUT2D eigenvalue weighted by molar-refractivity contribution is -0.149. The number of fused-ring (bicyclic) bond motifs is 1. The van der Waals surface area contributed by atoms with E-state index in [0.717, 1.165) is 70.5 Å². The molecule has 0 saturated carbocycles. The molecular formula is C48H60N6O9. The highest BCUT2D eigenvalue weighted by molar-refractivity contribution is 6.05. The van der Waals surface area contributed by atoms with Gasteiger partial charge in [0.05, 0.1) is 48.7 Å². The van der Waals surface area contributed by atoms with Gasteiger partial charge < -0.3 is 25.3 Å². The number of amides is 5. The highest BCUT2D eigenvalue weighted by Gasteiger charge is 2.41. The number of likely N-dealkylation sites (N-methyl/N-ethyl adjacent to an activating group) is 1. The molecule has 3 N–H and O–H groups in total. The van der Waals surface area contributed by atoms with Crippen LogP contribution in [0.25, 0.3) is 11.0 Å². The third-order valence-electron chi connectivity index (χ3n) is 12.7. The second-order valence-corrected chi connectivity index (χ2v) is 17.0. The number of imidazole rings is 1. The maximum absolute atomic E-state index is 13.8. The molecule has 0 spiro atoms. The number of likely N-dealkylation sites (tertiary alicyclic amines) is 1. The molecule has 5 amide bonds. The molecule has 4 heterocycles. The van der Waals surface area contributed by atoms with Gasteiger partial charge in [-0.25, -0.2) is 4.79 Å². The Bertz CT molecular complexity index is 2370. The number of nitrogens with zero attached hydrogens (tertiary/aromatic N) is 4. The number of imide groups is 1. The van der Waals surface area contributed by atoms with E-state index in [2.05, 4.69) is 17.4 Å². The van der Waals surface area contributed by atoms with E-state index in [4.69, 9.17) is 19.9 Å². The van der Waals surface area contributed by atoms with Crippen molar-refractivity contribution in [2.24, 2.45) is 12.8 Å². The van der Waals surface area contributed by atoms with Gasteiger partial charge >= 0.3 is 5.69 Å². The number of hydrogen-bond donors (Lipinski definition) is 2. The van der Waals surface area contributed by atoms with Crippen LogP contribution in [0.1, 0.15) is 92.1 Å². The molecule has 4 atom stereocenters. The number of ether oxygens (including phenoxy) is 3. The van der Waals surface area contributed by atoms with Crippen LogP contribution in [0.2, 0.25) is 0 Å². The van der Waals surface area contributed by atoms with Crippen molar-refractivity contribution in [3.8, 4) is 0 Å². The van der Waals surface area contributed by atoms with Gasteiger partial charge in [0.1, 0.15) is 12.1 Å². The molecule has 15 nitrogen and oxygen atoms in total. The number of aryl methyl sites for hydroxylation is 4. The molecule has 1 aromatic heterocycles. The molecule has 1 fully saturated rings. The standard InChI is InChI=1S/C48H60N6O9/c1-31(37(21-23-41(49)55)50-46(58)40-29-36-13-4-10-34-12-6-16-43(57)54(40)44(34)36)63-30-33-19-17-32(18-20-33)9-7-25-61-27-28-62-26-8-14-35-11-5-15-38-45(35)52(3)48(60)53(38)39-22-24-42(56)51(2)47(39)59/h4-5,10-11,13,15,17-20,31,37,39-40H,6-9,12,14,16,21-30H2,1-3H3,(H2,49,55)(H,50,58)/t31-,37+,39?,40+/m1/s1. The summed E-state index contributed by atoms with van der Waals surface area (Å²) in [5, 5.41) is 3.11. The number of para-hydroxylation sites is 2. The van der Waals surface area contributed by atoms with Crippen molar-refractivity contribution in [3.05, 3.63) is 99.0 Å². The van der Waals surface area contributed by atoms with E-state index < -0.39 is 30.1 Å². The molecule has 4 aromatic rings. The number of benzene rings is 3. The number of rotatable bonds is 21. The summed E-state index contributed by atoms with van der Waals surface area (Å²) in [5.74, 6) is -1.34. The molecule has 3 aliphatic rings. The van der Waals surface area contributed by atoms with Gasteiger partial charge in [-0.15, -0.1) is 0 Å². The highest BCUT2D eigenvalue weighted by Crippen LogP contribution is 2.39. The number of anilines is 1. The predicted molar refractivity (Wildman–Crippen MR) is 237 cm³/mol. The van der Waals surface area contributed by atoms with E-state index in [1.165, 1.54) is 17.2 Å². The van der Waals surface area contributed by atoms with Crippen molar-refractivity contribution >= 4 is 46.3 Å². The monoisotopic (exact) mass is 864 g/mol. The first-order valence-corrected chi connectivity index (χ1v) is 22.3. The molecule has 15 heteroatoms. The number of carbonyl (C=O) groups excluding carboxylic acids is 5. The zero-order valence-electron chi connectivity index (χ0n) is 36.6. The number of carbonyl (C=O) groups is 5. The highest BCUT2D eigenvalue weighted by atomic mass is 16.5. The third kappa shape index (κ3) is 10.4. The largest absolute Gasteiger partial charge is 0.379 e. The van der Waals surface area contributed by atoms with Gasteiger partial charge in [0.2, 0.25) is 23.6 Å². The number of piperidine rings is 1. The number of primary amides is 1. The average Bonchev–Trinajstić information content (AvgIpc) is 3.73. The summed E-state index contributed by atoms with van der Waals surface area (Å²) in [6, 6.07) is 18.2. The lowest BCUT2D eigenvalue weighted by Crippen LogP contribution is -2.53. The van der Waals surface area contributed by atoms with Crippen molar-refractivity contribution in [2.45, 2.75) is 115 Å². The first-order chi connectivity index (χ1) is 30.4. The van der Waals surface area contributed by atoms with Crippen LogP contribution in [-0.2, 0) is 77.5 Å². The van der Waals surface area contributed by atoms with Crippen molar-refractivity contribution in [3.63, 3.8) is 0 Å². The summed E-state index contributed by atoms with van der Waals surface area (Å²) in [7, 11) is 3.19. The number of nitrogens with one attached hydrogen (secondary N) is 1. The minimum atomic E-state index is -0.699. The first-order valence-electron chi connectivity index (χ1n) is 22.3. The Hall–Kier alpha value is -5.64. The second kappa shape index (κ2) is 20.7. The van der Waals surface area contributed by atoms with Gasteiger partial charge in [-0.2, -0.15) is 0 Å². The molecule has 63 heavy (non-hydrogen) atoms. The van der Waals surface area contributed by atoms with Crippen molar-refractivity contribution < 1.29 is 38.2 Å². The maximum Gasteiger partial charge on any atom is 0.329 e. The topological polar surface area (TPSA) is 184 Å². The Balaban J connectivity index is 0.797. The Labute approximate surface area is 367 Å². The Kier molecular flexibility index (Phi) is 14.9. The van der Waals surface area contributed by atoms with Gasteiger partial charge in [-0.1, -0.05) is 54.6 Å². The van der Waals surface area contributed by atoms with Crippen molar-refractivity contribution in [1.82, 2.24) is 19.4 Å². The van der Waals surface area contributed by atoms with E-state index in [9.17, 15) is 28.8 Å². The fraction of sp³-hybridized carbons (Fsp3) is 0.500. The molecule has 7 rings (SSSR count). The van der Waals surface area contributed by atoms with Crippen LogP contribution in [0.5, 0.6) is 0 Å². The molecule has 3 aliphatic heterocycles. The van der Waals surface area contributed by atoms with Gasteiger partial charge in [0.25, 0.3) is 5.91 Å². The zero-order chi connectivity index (χ0) is 44.6. The minimum absolute atomic E-state index is 0.0385. The fourth-order valence-corrected chi connectivity index (χ4v) is 9.21. The van der Waals surface area contributed by atoms with Crippen LogP contribution in [0.4, 0.5) is 5.69 Å². The average molecular weight is 865 g/mol. The summed E-state index contributed by atoms with van der Waals surface area (Å²) < 4.78 is 21.0. The van der Waals surface area contributed by atoms with E-state index >= 15 is 0 Å². The molecule has 3 aromatic carbocycles. The van der Waals surface area contributed by atoms with Crippen LogP contribution in [-0.4, -0.2) is 95.2 Å². The van der Waals surface area contributed by atoms with E-state index in [1.807, 2.05) is 55.5 Å². The Morgan fingerprint density at radius 2 is 1.52 bits per heavy atom. The summed E-state index contributed by atoms with van der Waals surface area (Å²) in [4.78, 5) is 79.7. The van der Waals surface area contributed by atoms with Crippen LogP contribution >= 0.6 is 0 Å². The number of nitrogens with two attached hydrogens (primary N) is 1. The van der Waals surface area contributed by atoms with Gasteiger partial charge in [0.15, 0.2) is 0 Å². The minimum Gasteiger partial charge on any atom is -0.379 e. The normalized spacial score (nSPS) is 18.4. The lowest BCUT2D eigenvalue weighted by Gasteiger charge is -2.29. The molecule has 1 unspecified atom stereocenters. The fourth-order valence-electron chi connectivity index (χ4n) is 9.21. The smallest absolute Gasteiger partial charge is 0.329 e. The number of hydrogen-bond acceptors (Lipinski definition) is 9. The van der Waals surface area contributed by atoms with Crippen LogP contribution in [0, 0.1) is 0 Å². The molecule has 336 valence electrons. The SMILES string of the molecule is C[C@@H](OCc1ccc(CCCOCCOCCCc2cccc3c2n(C)c(=O)n3C2CCC(=O)N(C)C2=O)cc1)[C@H](CCC(N)=O)NC(=O)[C@@H]1Cc2cccc3c2N1C(=O)CCC3. The first kappa shape index (κ1) is 45.4. The quantitative estimate of drug-likeness (QED) is 0.0916. The van der Waals surface area contributed by atoms with Crippen LogP contribution < -0.4 is 21.6 Å².